The highest BCUT2D eigenvalue weighted by Gasteiger charge is 2.20. The summed E-state index contributed by atoms with van der Waals surface area (Å²) in [5, 5.41) is 0. The van der Waals surface area contributed by atoms with Gasteiger partial charge in [-0.05, 0) is 51.1 Å². The molecule has 1 heterocycles. The van der Waals surface area contributed by atoms with Crippen LogP contribution in [0.5, 0.6) is 5.75 Å². The molecule has 1 aromatic carbocycles. The molecule has 0 saturated carbocycles. The molecule has 1 atom stereocenters. The predicted molar refractivity (Wildman–Crippen MR) is 78.0 cm³/mol. The number of nitrogen functional groups attached to an aromatic ring is 1. The summed E-state index contributed by atoms with van der Waals surface area (Å²) in [4.78, 5) is 13.9. The fraction of sp³-hybridized carbons (Fsp3) is 0.533. The summed E-state index contributed by atoms with van der Waals surface area (Å²) in [6.07, 6.45) is 3.49. The third kappa shape index (κ3) is 3.42. The van der Waals surface area contributed by atoms with Crippen molar-refractivity contribution < 1.29 is 14.3 Å². The van der Waals surface area contributed by atoms with Crippen LogP contribution in [0.3, 0.4) is 0 Å². The van der Waals surface area contributed by atoms with Gasteiger partial charge in [0.05, 0.1) is 19.3 Å². The Kier molecular flexibility index (Phi) is 4.84. The van der Waals surface area contributed by atoms with E-state index in [0.717, 1.165) is 6.42 Å². The second-order valence-corrected chi connectivity index (χ2v) is 5.15. The molecule has 1 aliphatic heterocycles. The molecular formula is C15H22N2O3. The Labute approximate surface area is 119 Å². The molecule has 110 valence electrons. The van der Waals surface area contributed by atoms with Gasteiger partial charge >= 0.3 is 5.97 Å². The SMILES string of the molecule is COC(=O)c1cc(OCCC2CCCN2C)ccc1N. The van der Waals surface area contributed by atoms with Crippen molar-refractivity contribution in [3.63, 3.8) is 0 Å². The number of carbonyl (C=O) groups is 1. The van der Waals surface area contributed by atoms with Crippen molar-refractivity contribution in [3.8, 4) is 5.75 Å². The molecule has 1 fully saturated rings. The maximum absolute atomic E-state index is 11.5. The van der Waals surface area contributed by atoms with E-state index in [2.05, 4.69) is 11.9 Å². The lowest BCUT2D eigenvalue weighted by atomic mass is 10.1. The Morgan fingerprint density at radius 3 is 2.95 bits per heavy atom. The third-order valence-electron chi connectivity index (χ3n) is 3.82. The van der Waals surface area contributed by atoms with Gasteiger partial charge in [0, 0.05) is 11.7 Å². The van der Waals surface area contributed by atoms with Gasteiger partial charge in [0.1, 0.15) is 5.75 Å². The smallest absolute Gasteiger partial charge is 0.340 e. The van der Waals surface area contributed by atoms with Crippen LogP contribution in [0, 0.1) is 0 Å². The topological polar surface area (TPSA) is 64.8 Å². The fourth-order valence-corrected chi connectivity index (χ4v) is 2.57. The van der Waals surface area contributed by atoms with Gasteiger partial charge in [-0.1, -0.05) is 0 Å². The Balaban J connectivity index is 1.91. The second kappa shape index (κ2) is 6.61. The third-order valence-corrected chi connectivity index (χ3v) is 3.82. The molecule has 2 N–H and O–H groups in total. The predicted octanol–water partition coefficient (Wildman–Crippen LogP) is 1.92. The van der Waals surface area contributed by atoms with E-state index < -0.39 is 5.97 Å². The number of ether oxygens (including phenoxy) is 2. The van der Waals surface area contributed by atoms with Crippen molar-refractivity contribution in [1.82, 2.24) is 4.90 Å². The van der Waals surface area contributed by atoms with E-state index in [0.29, 0.717) is 29.6 Å². The number of nitrogens with zero attached hydrogens (tertiary/aromatic N) is 1. The number of carbonyl (C=O) groups excluding carboxylic acids is 1. The molecular weight excluding hydrogens is 256 g/mol. The van der Waals surface area contributed by atoms with Gasteiger partial charge < -0.3 is 20.1 Å². The number of esters is 1. The lowest BCUT2D eigenvalue weighted by Gasteiger charge is -2.19. The van der Waals surface area contributed by atoms with Gasteiger partial charge in [-0.3, -0.25) is 0 Å². The Morgan fingerprint density at radius 1 is 1.50 bits per heavy atom. The first-order chi connectivity index (χ1) is 9.61. The van der Waals surface area contributed by atoms with Gasteiger partial charge in [-0.25, -0.2) is 4.79 Å². The maximum atomic E-state index is 11.5. The molecule has 0 radical (unpaired) electrons. The van der Waals surface area contributed by atoms with E-state index in [1.54, 1.807) is 18.2 Å². The average Bonchev–Trinajstić information content (AvgIpc) is 2.85. The lowest BCUT2D eigenvalue weighted by Crippen LogP contribution is -2.26. The first kappa shape index (κ1) is 14.7. The van der Waals surface area contributed by atoms with Crippen molar-refractivity contribution in [1.29, 1.82) is 0 Å². The van der Waals surface area contributed by atoms with Crippen LogP contribution in [0.25, 0.3) is 0 Å². The quantitative estimate of drug-likeness (QED) is 0.658. The number of methoxy groups -OCH3 is 1. The molecule has 0 aliphatic carbocycles. The van der Waals surface area contributed by atoms with Gasteiger partial charge in [-0.2, -0.15) is 0 Å². The lowest BCUT2D eigenvalue weighted by molar-refractivity contribution is 0.0601. The number of nitrogens with two attached hydrogens (primary N) is 1. The number of hydrogen-bond donors (Lipinski definition) is 1. The molecule has 2 rings (SSSR count). The number of likely N-dealkylation sites (tertiary alicyclic amines) is 1. The van der Waals surface area contributed by atoms with Crippen molar-refractivity contribution in [3.05, 3.63) is 23.8 Å². The zero-order chi connectivity index (χ0) is 14.5. The average molecular weight is 278 g/mol. The summed E-state index contributed by atoms with van der Waals surface area (Å²) >= 11 is 0. The summed E-state index contributed by atoms with van der Waals surface area (Å²) in [5.74, 6) is 0.212. The first-order valence-corrected chi connectivity index (χ1v) is 6.92. The molecule has 1 aromatic rings. The monoisotopic (exact) mass is 278 g/mol. The normalized spacial score (nSPS) is 19.0. The molecule has 5 heteroatoms. The van der Waals surface area contributed by atoms with Gasteiger partial charge in [0.15, 0.2) is 0 Å². The molecule has 1 saturated heterocycles. The zero-order valence-electron chi connectivity index (χ0n) is 12.1. The second-order valence-electron chi connectivity index (χ2n) is 5.15. The van der Waals surface area contributed by atoms with Crippen LogP contribution >= 0.6 is 0 Å². The van der Waals surface area contributed by atoms with Crippen LogP contribution in [0.4, 0.5) is 5.69 Å². The molecule has 1 unspecified atom stereocenters. The van der Waals surface area contributed by atoms with E-state index in [-0.39, 0.29) is 0 Å². The van der Waals surface area contributed by atoms with Crippen molar-refractivity contribution in [2.75, 3.05) is 33.0 Å². The maximum Gasteiger partial charge on any atom is 0.340 e. The van der Waals surface area contributed by atoms with Crippen LogP contribution in [0.1, 0.15) is 29.6 Å². The highest BCUT2D eigenvalue weighted by Crippen LogP contribution is 2.22. The van der Waals surface area contributed by atoms with E-state index in [4.69, 9.17) is 15.2 Å². The van der Waals surface area contributed by atoms with Gasteiger partial charge in [0.2, 0.25) is 0 Å². The number of hydrogen-bond acceptors (Lipinski definition) is 5. The molecule has 1 aliphatic rings. The van der Waals surface area contributed by atoms with Crippen LogP contribution in [-0.2, 0) is 4.74 Å². The summed E-state index contributed by atoms with van der Waals surface area (Å²) < 4.78 is 10.4. The van der Waals surface area contributed by atoms with E-state index in [1.807, 2.05) is 0 Å². The van der Waals surface area contributed by atoms with E-state index >= 15 is 0 Å². The summed E-state index contributed by atoms with van der Waals surface area (Å²) in [6, 6.07) is 5.69. The van der Waals surface area contributed by atoms with Gasteiger partial charge in [0.25, 0.3) is 0 Å². The molecule has 0 amide bonds. The minimum atomic E-state index is -0.441. The Hall–Kier alpha value is -1.75. The van der Waals surface area contributed by atoms with Crippen LogP contribution in [-0.4, -0.2) is 44.2 Å². The summed E-state index contributed by atoms with van der Waals surface area (Å²) in [5.41, 5.74) is 6.50. The van der Waals surface area contributed by atoms with Crippen molar-refractivity contribution in [2.24, 2.45) is 0 Å². The summed E-state index contributed by atoms with van der Waals surface area (Å²) in [7, 11) is 3.49. The minimum Gasteiger partial charge on any atom is -0.494 e. The Bertz CT molecular complexity index is 476. The van der Waals surface area contributed by atoms with Crippen molar-refractivity contribution in [2.45, 2.75) is 25.3 Å². The molecule has 0 aromatic heterocycles. The standard InChI is InChI=1S/C15H22N2O3/c1-17-8-3-4-11(17)7-9-20-12-5-6-14(16)13(10-12)15(18)19-2/h5-6,10-11H,3-4,7-9,16H2,1-2H3. The van der Waals surface area contributed by atoms with Crippen LogP contribution in [0.2, 0.25) is 0 Å². The highest BCUT2D eigenvalue weighted by molar-refractivity contribution is 5.95. The first-order valence-electron chi connectivity index (χ1n) is 6.92. The highest BCUT2D eigenvalue weighted by atomic mass is 16.5. The van der Waals surface area contributed by atoms with Crippen LogP contribution < -0.4 is 10.5 Å². The summed E-state index contributed by atoms with van der Waals surface area (Å²) in [6.45, 7) is 1.80. The number of anilines is 1. The van der Waals surface area contributed by atoms with E-state index in [9.17, 15) is 4.79 Å². The minimum absolute atomic E-state index is 0.350. The van der Waals surface area contributed by atoms with Gasteiger partial charge in [-0.15, -0.1) is 0 Å². The number of rotatable bonds is 5. The molecule has 0 spiro atoms. The van der Waals surface area contributed by atoms with Crippen molar-refractivity contribution >= 4 is 11.7 Å². The molecule has 20 heavy (non-hydrogen) atoms. The molecule has 5 nitrogen and oxygen atoms in total. The van der Waals surface area contributed by atoms with Crippen LogP contribution in [0.15, 0.2) is 18.2 Å². The molecule has 0 bridgehead atoms. The van der Waals surface area contributed by atoms with E-state index in [1.165, 1.54) is 26.5 Å². The largest absolute Gasteiger partial charge is 0.494 e. The Morgan fingerprint density at radius 2 is 2.30 bits per heavy atom. The fourth-order valence-electron chi connectivity index (χ4n) is 2.57. The zero-order valence-corrected chi connectivity index (χ0v) is 12.1. The number of benzene rings is 1.